The minimum Gasteiger partial charge on any atom is -0.465 e. The Balaban J connectivity index is 2.75. The first-order chi connectivity index (χ1) is 7.11. The molecule has 3 nitrogen and oxygen atoms in total. The lowest BCUT2D eigenvalue weighted by molar-refractivity contribution is 0.0601. The smallest absolute Gasteiger partial charge is 0.341 e. The summed E-state index contributed by atoms with van der Waals surface area (Å²) in [5.74, 6) is 0.379. The number of carbonyl (C=O) groups excluding carboxylic acids is 1. The van der Waals surface area contributed by atoms with E-state index in [9.17, 15) is 4.79 Å². The maximum atomic E-state index is 11.5. The fourth-order valence-corrected chi connectivity index (χ4v) is 1.98. The number of benzene rings is 1. The summed E-state index contributed by atoms with van der Waals surface area (Å²) in [5, 5.41) is 0.891. The second-order valence-corrected chi connectivity index (χ2v) is 4.14. The lowest BCUT2D eigenvalue weighted by atomic mass is 10.1. The highest BCUT2D eigenvalue weighted by Gasteiger charge is 2.15. The molecule has 0 atom stereocenters. The fourth-order valence-electron chi connectivity index (χ4n) is 1.51. The van der Waals surface area contributed by atoms with Crippen molar-refractivity contribution in [1.29, 1.82) is 0 Å². The Morgan fingerprint density at radius 3 is 2.80 bits per heavy atom. The standard InChI is InChI=1S/C11H9BrO3/c1-6-3-7-4-8(12)5-9(10(7)15-6)11(13)14-2/h3-5H,1-2H3. The van der Waals surface area contributed by atoms with E-state index in [4.69, 9.17) is 4.42 Å². The van der Waals surface area contributed by atoms with Gasteiger partial charge in [0.2, 0.25) is 0 Å². The van der Waals surface area contributed by atoms with Crippen LogP contribution >= 0.6 is 15.9 Å². The van der Waals surface area contributed by atoms with Gasteiger partial charge in [0.1, 0.15) is 16.9 Å². The summed E-state index contributed by atoms with van der Waals surface area (Å²) >= 11 is 3.34. The summed E-state index contributed by atoms with van der Waals surface area (Å²) in [6, 6.07) is 5.47. The maximum Gasteiger partial charge on any atom is 0.341 e. The quantitative estimate of drug-likeness (QED) is 0.746. The first kappa shape index (κ1) is 10.2. The summed E-state index contributed by atoms with van der Waals surface area (Å²) in [4.78, 5) is 11.5. The number of ether oxygens (including phenoxy) is 1. The van der Waals surface area contributed by atoms with Gasteiger partial charge in [0.25, 0.3) is 0 Å². The maximum absolute atomic E-state index is 11.5. The predicted octanol–water partition coefficient (Wildman–Crippen LogP) is 3.29. The van der Waals surface area contributed by atoms with Crippen LogP contribution in [-0.2, 0) is 4.74 Å². The van der Waals surface area contributed by atoms with E-state index in [1.807, 2.05) is 19.1 Å². The Bertz CT molecular complexity index is 528. The molecule has 0 aliphatic heterocycles. The van der Waals surface area contributed by atoms with E-state index in [0.29, 0.717) is 11.1 Å². The molecular formula is C11H9BrO3. The lowest BCUT2D eigenvalue weighted by Gasteiger charge is -2.00. The number of fused-ring (bicyclic) bond motifs is 1. The number of methoxy groups -OCH3 is 1. The topological polar surface area (TPSA) is 39.4 Å². The Morgan fingerprint density at radius 2 is 2.13 bits per heavy atom. The van der Waals surface area contributed by atoms with Gasteiger partial charge in [-0.2, -0.15) is 0 Å². The van der Waals surface area contributed by atoms with Crippen molar-refractivity contribution in [3.05, 3.63) is 34.0 Å². The average molecular weight is 269 g/mol. The molecule has 0 saturated heterocycles. The summed E-state index contributed by atoms with van der Waals surface area (Å²) in [5.41, 5.74) is 1.01. The Hall–Kier alpha value is -1.29. The molecule has 1 aromatic carbocycles. The third-order valence-corrected chi connectivity index (χ3v) is 2.57. The van der Waals surface area contributed by atoms with Crippen LogP contribution in [-0.4, -0.2) is 13.1 Å². The third kappa shape index (κ3) is 1.77. The van der Waals surface area contributed by atoms with Gasteiger partial charge in [-0.1, -0.05) is 15.9 Å². The predicted molar refractivity (Wildman–Crippen MR) is 60.0 cm³/mol. The van der Waals surface area contributed by atoms with Crippen molar-refractivity contribution in [2.75, 3.05) is 7.11 Å². The summed E-state index contributed by atoms with van der Waals surface area (Å²) in [6.45, 7) is 1.84. The van der Waals surface area contributed by atoms with Gasteiger partial charge in [0, 0.05) is 9.86 Å². The molecule has 0 radical (unpaired) electrons. The monoisotopic (exact) mass is 268 g/mol. The number of aryl methyl sites for hydroxylation is 1. The van der Waals surface area contributed by atoms with Crippen LogP contribution in [0.2, 0.25) is 0 Å². The van der Waals surface area contributed by atoms with Gasteiger partial charge < -0.3 is 9.15 Å². The normalized spacial score (nSPS) is 10.6. The molecule has 0 aliphatic carbocycles. The van der Waals surface area contributed by atoms with Gasteiger partial charge in [-0.15, -0.1) is 0 Å². The van der Waals surface area contributed by atoms with Crippen molar-refractivity contribution in [2.45, 2.75) is 6.92 Å². The highest BCUT2D eigenvalue weighted by atomic mass is 79.9. The number of rotatable bonds is 1. The van der Waals surface area contributed by atoms with E-state index in [-0.39, 0.29) is 0 Å². The second kappa shape index (κ2) is 3.70. The van der Waals surface area contributed by atoms with E-state index in [1.54, 1.807) is 6.07 Å². The zero-order chi connectivity index (χ0) is 11.0. The summed E-state index contributed by atoms with van der Waals surface area (Å²) in [7, 11) is 1.35. The third-order valence-electron chi connectivity index (χ3n) is 2.11. The first-order valence-electron chi connectivity index (χ1n) is 4.40. The molecule has 0 amide bonds. The number of esters is 1. The SMILES string of the molecule is COC(=O)c1cc(Br)cc2cc(C)oc12. The summed E-state index contributed by atoms with van der Waals surface area (Å²) in [6.07, 6.45) is 0. The van der Waals surface area contributed by atoms with Crippen LogP contribution in [0.4, 0.5) is 0 Å². The average Bonchev–Trinajstić information content (AvgIpc) is 2.55. The van der Waals surface area contributed by atoms with Gasteiger partial charge in [-0.05, 0) is 25.1 Å². The zero-order valence-corrected chi connectivity index (χ0v) is 9.92. The van der Waals surface area contributed by atoms with Crippen LogP contribution in [0.1, 0.15) is 16.1 Å². The van der Waals surface area contributed by atoms with Crippen molar-refractivity contribution < 1.29 is 13.9 Å². The van der Waals surface area contributed by atoms with E-state index >= 15 is 0 Å². The van der Waals surface area contributed by atoms with Crippen molar-refractivity contribution in [3.8, 4) is 0 Å². The lowest BCUT2D eigenvalue weighted by Crippen LogP contribution is -2.01. The van der Waals surface area contributed by atoms with E-state index in [1.165, 1.54) is 7.11 Å². The highest BCUT2D eigenvalue weighted by Crippen LogP contribution is 2.27. The molecule has 2 aromatic rings. The van der Waals surface area contributed by atoms with Crippen molar-refractivity contribution in [1.82, 2.24) is 0 Å². The largest absolute Gasteiger partial charge is 0.465 e. The van der Waals surface area contributed by atoms with Crippen LogP contribution in [0.3, 0.4) is 0 Å². The fraction of sp³-hybridized carbons (Fsp3) is 0.182. The van der Waals surface area contributed by atoms with Crippen molar-refractivity contribution >= 4 is 32.9 Å². The first-order valence-corrected chi connectivity index (χ1v) is 5.19. The minimum atomic E-state index is -0.393. The van der Waals surface area contributed by atoms with Crippen LogP contribution in [0.5, 0.6) is 0 Å². The van der Waals surface area contributed by atoms with E-state index in [0.717, 1.165) is 15.6 Å². The molecule has 1 aromatic heterocycles. The zero-order valence-electron chi connectivity index (χ0n) is 8.33. The van der Waals surface area contributed by atoms with Gasteiger partial charge in [-0.3, -0.25) is 0 Å². The number of carbonyl (C=O) groups is 1. The van der Waals surface area contributed by atoms with E-state index in [2.05, 4.69) is 20.7 Å². The molecule has 4 heteroatoms. The van der Waals surface area contributed by atoms with E-state index < -0.39 is 5.97 Å². The van der Waals surface area contributed by atoms with Gasteiger partial charge in [0.05, 0.1) is 7.11 Å². The number of hydrogen-bond donors (Lipinski definition) is 0. The van der Waals surface area contributed by atoms with Gasteiger partial charge in [-0.25, -0.2) is 4.79 Å². The molecule has 0 spiro atoms. The molecule has 0 fully saturated rings. The second-order valence-electron chi connectivity index (χ2n) is 3.22. The molecule has 15 heavy (non-hydrogen) atoms. The van der Waals surface area contributed by atoms with Crippen LogP contribution in [0.15, 0.2) is 27.1 Å². The van der Waals surface area contributed by atoms with Gasteiger partial charge in [0.15, 0.2) is 0 Å². The van der Waals surface area contributed by atoms with Crippen LogP contribution in [0.25, 0.3) is 11.0 Å². The minimum absolute atomic E-state index is 0.393. The molecular weight excluding hydrogens is 260 g/mol. The molecule has 2 rings (SSSR count). The molecule has 0 bridgehead atoms. The molecule has 0 N–H and O–H groups in total. The number of hydrogen-bond acceptors (Lipinski definition) is 3. The summed E-state index contributed by atoms with van der Waals surface area (Å²) < 4.78 is 11.0. The van der Waals surface area contributed by atoms with Crippen molar-refractivity contribution in [2.24, 2.45) is 0 Å². The van der Waals surface area contributed by atoms with Crippen LogP contribution < -0.4 is 0 Å². The Morgan fingerprint density at radius 1 is 1.40 bits per heavy atom. The number of halogens is 1. The number of furan rings is 1. The van der Waals surface area contributed by atoms with Crippen LogP contribution in [0, 0.1) is 6.92 Å². The molecule has 0 saturated carbocycles. The molecule has 0 unspecified atom stereocenters. The molecule has 0 aliphatic rings. The molecule has 1 heterocycles. The Labute approximate surface area is 95.1 Å². The van der Waals surface area contributed by atoms with Crippen molar-refractivity contribution in [3.63, 3.8) is 0 Å². The molecule has 78 valence electrons. The Kier molecular flexibility index (Phi) is 2.52. The van der Waals surface area contributed by atoms with Gasteiger partial charge >= 0.3 is 5.97 Å². The highest BCUT2D eigenvalue weighted by molar-refractivity contribution is 9.10.